The lowest BCUT2D eigenvalue weighted by atomic mass is 9.94. The van der Waals surface area contributed by atoms with E-state index >= 15 is 0 Å². The van der Waals surface area contributed by atoms with Gasteiger partial charge in [0.1, 0.15) is 11.5 Å². The van der Waals surface area contributed by atoms with Crippen molar-refractivity contribution in [1.82, 2.24) is 4.90 Å². The third-order valence-electron chi connectivity index (χ3n) is 4.20. The first-order valence-corrected chi connectivity index (χ1v) is 7.64. The highest BCUT2D eigenvalue weighted by Gasteiger charge is 2.30. The van der Waals surface area contributed by atoms with Crippen LogP contribution < -0.4 is 9.47 Å². The van der Waals surface area contributed by atoms with Crippen LogP contribution in [0, 0.1) is 5.92 Å². The zero-order valence-corrected chi connectivity index (χ0v) is 13.8. The molecule has 1 aliphatic rings. The van der Waals surface area contributed by atoms with Gasteiger partial charge in [0.05, 0.1) is 26.2 Å². The number of methoxy groups -OCH3 is 2. The van der Waals surface area contributed by atoms with Crippen molar-refractivity contribution in [3.63, 3.8) is 0 Å². The fraction of sp³-hybridized carbons (Fsp3) is 0.588. The van der Waals surface area contributed by atoms with Gasteiger partial charge in [0, 0.05) is 31.8 Å². The number of hydrogen-bond acceptors (Lipinski definition) is 4. The van der Waals surface area contributed by atoms with Gasteiger partial charge in [-0.25, -0.2) is 0 Å². The topological polar surface area (TPSA) is 48.0 Å². The first-order valence-electron chi connectivity index (χ1n) is 7.64. The standard InChI is InChI=1S/C17H25NO4/c1-12-15(6-5-9-22-12)17(19)18(2)11-13-7-8-14(20-3)10-16(13)21-4/h7-8,10,12,15H,5-6,9,11H2,1-4H3/t12-,15-/m1/s1. The van der Waals surface area contributed by atoms with Gasteiger partial charge in [0.2, 0.25) is 5.91 Å². The summed E-state index contributed by atoms with van der Waals surface area (Å²) in [4.78, 5) is 14.4. The molecule has 1 amide bonds. The maximum absolute atomic E-state index is 12.6. The Hall–Kier alpha value is -1.75. The van der Waals surface area contributed by atoms with Crippen LogP contribution in [-0.4, -0.2) is 44.8 Å². The summed E-state index contributed by atoms with van der Waals surface area (Å²) in [5.41, 5.74) is 0.962. The maximum atomic E-state index is 12.6. The molecule has 2 rings (SSSR count). The van der Waals surface area contributed by atoms with E-state index in [9.17, 15) is 4.79 Å². The zero-order chi connectivity index (χ0) is 16.1. The van der Waals surface area contributed by atoms with Crippen molar-refractivity contribution in [2.45, 2.75) is 32.4 Å². The Morgan fingerprint density at radius 3 is 2.77 bits per heavy atom. The highest BCUT2D eigenvalue weighted by molar-refractivity contribution is 5.79. The van der Waals surface area contributed by atoms with Crippen LogP contribution in [0.4, 0.5) is 0 Å². The largest absolute Gasteiger partial charge is 0.497 e. The SMILES string of the molecule is COc1ccc(CN(C)C(=O)[C@@H]2CCCO[C@@H]2C)c(OC)c1. The molecule has 5 heteroatoms. The molecule has 1 aliphatic heterocycles. The molecule has 1 fully saturated rings. The van der Waals surface area contributed by atoms with Crippen LogP contribution in [0.1, 0.15) is 25.3 Å². The molecule has 0 aliphatic carbocycles. The molecule has 0 unspecified atom stereocenters. The predicted molar refractivity (Wildman–Crippen MR) is 84.2 cm³/mol. The summed E-state index contributed by atoms with van der Waals surface area (Å²) >= 11 is 0. The van der Waals surface area contributed by atoms with Crippen LogP contribution in [0.3, 0.4) is 0 Å². The van der Waals surface area contributed by atoms with Crippen LogP contribution in [0.25, 0.3) is 0 Å². The molecule has 0 aromatic heterocycles. The highest BCUT2D eigenvalue weighted by Crippen LogP contribution is 2.27. The molecule has 22 heavy (non-hydrogen) atoms. The molecule has 0 spiro atoms. The second kappa shape index (κ2) is 7.49. The number of ether oxygens (including phenoxy) is 3. The van der Waals surface area contributed by atoms with E-state index in [4.69, 9.17) is 14.2 Å². The van der Waals surface area contributed by atoms with E-state index in [2.05, 4.69) is 0 Å². The number of amides is 1. The number of benzene rings is 1. The number of nitrogens with zero attached hydrogens (tertiary/aromatic N) is 1. The summed E-state index contributed by atoms with van der Waals surface area (Å²) in [5, 5.41) is 0. The van der Waals surface area contributed by atoms with E-state index in [1.807, 2.05) is 32.2 Å². The third-order valence-corrected chi connectivity index (χ3v) is 4.20. The van der Waals surface area contributed by atoms with Crippen molar-refractivity contribution in [2.24, 2.45) is 5.92 Å². The van der Waals surface area contributed by atoms with Gasteiger partial charge in [-0.2, -0.15) is 0 Å². The molecule has 0 N–H and O–H groups in total. The third kappa shape index (κ3) is 3.71. The lowest BCUT2D eigenvalue weighted by Crippen LogP contribution is -2.40. The smallest absolute Gasteiger partial charge is 0.228 e. The van der Waals surface area contributed by atoms with Crippen molar-refractivity contribution < 1.29 is 19.0 Å². The summed E-state index contributed by atoms with van der Waals surface area (Å²) in [6, 6.07) is 5.64. The monoisotopic (exact) mass is 307 g/mol. The van der Waals surface area contributed by atoms with E-state index < -0.39 is 0 Å². The summed E-state index contributed by atoms with van der Waals surface area (Å²) in [5.74, 6) is 1.55. The summed E-state index contributed by atoms with van der Waals surface area (Å²) in [7, 11) is 5.07. The summed E-state index contributed by atoms with van der Waals surface area (Å²) < 4.78 is 16.2. The van der Waals surface area contributed by atoms with Crippen LogP contribution in [0.5, 0.6) is 11.5 Å². The minimum atomic E-state index is -0.0528. The minimum absolute atomic E-state index is 0.0125. The van der Waals surface area contributed by atoms with E-state index in [0.29, 0.717) is 6.54 Å². The Morgan fingerprint density at radius 2 is 2.14 bits per heavy atom. The van der Waals surface area contributed by atoms with Gasteiger partial charge in [-0.05, 0) is 31.9 Å². The Kier molecular flexibility index (Phi) is 5.66. The molecule has 1 saturated heterocycles. The molecule has 1 aromatic rings. The number of carbonyl (C=O) groups excluding carboxylic acids is 1. The Balaban J connectivity index is 2.07. The molecule has 1 heterocycles. The lowest BCUT2D eigenvalue weighted by molar-refractivity contribution is -0.143. The summed E-state index contributed by atoms with van der Waals surface area (Å²) in [6.45, 7) is 3.24. The van der Waals surface area contributed by atoms with Crippen molar-refractivity contribution in [2.75, 3.05) is 27.9 Å². The average Bonchev–Trinajstić information content (AvgIpc) is 2.55. The van der Waals surface area contributed by atoms with Crippen LogP contribution >= 0.6 is 0 Å². The molecule has 2 atom stereocenters. The molecule has 5 nitrogen and oxygen atoms in total. The number of rotatable bonds is 5. The van der Waals surface area contributed by atoms with E-state index in [0.717, 1.165) is 36.5 Å². The van der Waals surface area contributed by atoms with Gasteiger partial charge in [-0.1, -0.05) is 0 Å². The Labute approximate surface area is 132 Å². The second-order valence-corrected chi connectivity index (χ2v) is 5.70. The highest BCUT2D eigenvalue weighted by atomic mass is 16.5. The second-order valence-electron chi connectivity index (χ2n) is 5.70. The van der Waals surface area contributed by atoms with Crippen molar-refractivity contribution >= 4 is 5.91 Å². The zero-order valence-electron chi connectivity index (χ0n) is 13.8. The first kappa shape index (κ1) is 16.6. The number of carbonyl (C=O) groups is 1. The van der Waals surface area contributed by atoms with Crippen molar-refractivity contribution in [1.29, 1.82) is 0 Å². The summed E-state index contributed by atoms with van der Waals surface area (Å²) in [6.07, 6.45) is 1.83. The minimum Gasteiger partial charge on any atom is -0.497 e. The molecule has 0 bridgehead atoms. The molecular formula is C17H25NO4. The van der Waals surface area contributed by atoms with E-state index in [-0.39, 0.29) is 17.9 Å². The van der Waals surface area contributed by atoms with Gasteiger partial charge in [0.15, 0.2) is 0 Å². The Morgan fingerprint density at radius 1 is 1.36 bits per heavy atom. The van der Waals surface area contributed by atoms with E-state index in [1.54, 1.807) is 19.1 Å². The molecular weight excluding hydrogens is 282 g/mol. The molecule has 0 saturated carbocycles. The fourth-order valence-electron chi connectivity index (χ4n) is 2.85. The average molecular weight is 307 g/mol. The molecule has 122 valence electrons. The van der Waals surface area contributed by atoms with Crippen molar-refractivity contribution in [3.8, 4) is 11.5 Å². The van der Waals surface area contributed by atoms with Crippen LogP contribution in [0.15, 0.2) is 18.2 Å². The van der Waals surface area contributed by atoms with Crippen LogP contribution in [0.2, 0.25) is 0 Å². The van der Waals surface area contributed by atoms with E-state index in [1.165, 1.54) is 0 Å². The maximum Gasteiger partial charge on any atom is 0.228 e. The normalized spacial score (nSPS) is 21.3. The Bertz CT molecular complexity index is 517. The predicted octanol–water partition coefficient (Wildman–Crippen LogP) is 2.48. The van der Waals surface area contributed by atoms with Gasteiger partial charge in [-0.15, -0.1) is 0 Å². The van der Waals surface area contributed by atoms with Gasteiger partial charge in [0.25, 0.3) is 0 Å². The first-order chi connectivity index (χ1) is 10.6. The van der Waals surface area contributed by atoms with Gasteiger partial charge < -0.3 is 19.1 Å². The lowest BCUT2D eigenvalue weighted by Gasteiger charge is -2.31. The quantitative estimate of drug-likeness (QED) is 0.838. The molecule has 0 radical (unpaired) electrons. The molecule has 1 aromatic carbocycles. The number of hydrogen-bond donors (Lipinski definition) is 0. The van der Waals surface area contributed by atoms with Crippen LogP contribution in [-0.2, 0) is 16.1 Å². The fourth-order valence-corrected chi connectivity index (χ4v) is 2.85. The van der Waals surface area contributed by atoms with Crippen molar-refractivity contribution in [3.05, 3.63) is 23.8 Å². The van der Waals surface area contributed by atoms with Gasteiger partial charge in [-0.3, -0.25) is 4.79 Å². The van der Waals surface area contributed by atoms with Gasteiger partial charge >= 0.3 is 0 Å².